The Morgan fingerprint density at radius 2 is 2.62 bits per heavy atom. The normalized spacial score (nSPS) is 19.1. The van der Waals surface area contributed by atoms with Crippen LogP contribution in [0.4, 0.5) is 0 Å². The topological polar surface area (TPSA) is 17.1 Å². The van der Waals surface area contributed by atoms with Crippen molar-refractivity contribution < 1.29 is 4.79 Å². The van der Waals surface area contributed by atoms with Gasteiger partial charge in [-0.15, -0.1) is 0 Å². The van der Waals surface area contributed by atoms with Gasteiger partial charge in [-0.2, -0.15) is 0 Å². The molecule has 1 heterocycles. The molecule has 0 unspecified atom stereocenters. The molecule has 0 saturated carbocycles. The molecule has 1 rings (SSSR count). The summed E-state index contributed by atoms with van der Waals surface area (Å²) in [6, 6.07) is 0. The maximum atomic E-state index is 10.5. The zero-order valence-electron chi connectivity index (χ0n) is 4.81. The lowest BCUT2D eigenvalue weighted by atomic mass is 10.3. The molecule has 1 nitrogen and oxygen atoms in total. The highest BCUT2D eigenvalue weighted by molar-refractivity contribution is 8.17. The van der Waals surface area contributed by atoms with E-state index >= 15 is 0 Å². The number of hydrogen-bond acceptors (Lipinski definition) is 2. The molecule has 0 N–H and O–H groups in total. The first-order valence-electron chi connectivity index (χ1n) is 2.72. The minimum atomic E-state index is 0.293. The summed E-state index contributed by atoms with van der Waals surface area (Å²) in [5.74, 6) is 0. The summed E-state index contributed by atoms with van der Waals surface area (Å²) in [5, 5.41) is 0.293. The van der Waals surface area contributed by atoms with Crippen LogP contribution in [0.1, 0.15) is 19.8 Å². The molecule has 2 heteroatoms. The molecule has 0 atom stereocenters. The molecular weight excluding hydrogens is 120 g/mol. The molecule has 0 fully saturated rings. The van der Waals surface area contributed by atoms with E-state index in [0.717, 1.165) is 6.42 Å². The van der Waals surface area contributed by atoms with E-state index in [2.05, 4.69) is 6.92 Å². The van der Waals surface area contributed by atoms with Crippen LogP contribution in [0.5, 0.6) is 0 Å². The van der Waals surface area contributed by atoms with Crippen molar-refractivity contribution in [2.45, 2.75) is 19.8 Å². The van der Waals surface area contributed by atoms with Gasteiger partial charge in [-0.3, -0.25) is 4.79 Å². The van der Waals surface area contributed by atoms with Crippen LogP contribution in [0.15, 0.2) is 11.0 Å². The third kappa shape index (κ3) is 1.13. The standard InChI is InChI=1S/C6H8OS/c1-2-5-3-4-6(7)8-5/h3H,2,4H2,1H3. The molecule has 0 saturated heterocycles. The van der Waals surface area contributed by atoms with E-state index < -0.39 is 0 Å². The molecule has 0 aromatic rings. The molecular formula is C6H8OS. The molecule has 0 aliphatic carbocycles. The Bertz CT molecular complexity index is 137. The van der Waals surface area contributed by atoms with E-state index in [4.69, 9.17) is 0 Å². The fourth-order valence-electron chi connectivity index (χ4n) is 0.643. The van der Waals surface area contributed by atoms with E-state index in [-0.39, 0.29) is 0 Å². The number of carbonyl (C=O) groups excluding carboxylic acids is 1. The van der Waals surface area contributed by atoms with Crippen LogP contribution in [0, 0.1) is 0 Å². The maximum Gasteiger partial charge on any atom is 0.197 e. The fraction of sp³-hybridized carbons (Fsp3) is 0.500. The highest BCUT2D eigenvalue weighted by atomic mass is 32.2. The van der Waals surface area contributed by atoms with Crippen molar-refractivity contribution in [3.05, 3.63) is 11.0 Å². The van der Waals surface area contributed by atoms with Gasteiger partial charge in [-0.25, -0.2) is 0 Å². The van der Waals surface area contributed by atoms with Crippen molar-refractivity contribution in [1.29, 1.82) is 0 Å². The Balaban J connectivity index is 2.49. The Morgan fingerprint density at radius 3 is 2.88 bits per heavy atom. The molecule has 0 aromatic carbocycles. The Labute approximate surface area is 53.2 Å². The summed E-state index contributed by atoms with van der Waals surface area (Å²) in [6.45, 7) is 2.07. The molecule has 0 radical (unpaired) electrons. The Hall–Kier alpha value is -0.240. The first-order valence-corrected chi connectivity index (χ1v) is 3.54. The average molecular weight is 128 g/mol. The van der Waals surface area contributed by atoms with Gasteiger partial charge < -0.3 is 0 Å². The second-order valence-corrected chi connectivity index (χ2v) is 2.89. The van der Waals surface area contributed by atoms with Gasteiger partial charge in [0.1, 0.15) is 0 Å². The number of rotatable bonds is 1. The second kappa shape index (κ2) is 2.35. The molecule has 0 aromatic heterocycles. The van der Waals surface area contributed by atoms with Crippen LogP contribution in [0.2, 0.25) is 0 Å². The fourth-order valence-corrected chi connectivity index (χ4v) is 1.41. The van der Waals surface area contributed by atoms with Gasteiger partial charge in [0, 0.05) is 6.42 Å². The van der Waals surface area contributed by atoms with E-state index in [1.807, 2.05) is 6.08 Å². The number of thioether (sulfide) groups is 1. The van der Waals surface area contributed by atoms with Gasteiger partial charge in [0.25, 0.3) is 0 Å². The zero-order valence-corrected chi connectivity index (χ0v) is 5.62. The molecule has 8 heavy (non-hydrogen) atoms. The summed E-state index contributed by atoms with van der Waals surface area (Å²) >= 11 is 1.39. The third-order valence-electron chi connectivity index (χ3n) is 1.09. The maximum absolute atomic E-state index is 10.5. The molecule has 0 spiro atoms. The van der Waals surface area contributed by atoms with Gasteiger partial charge in [0.15, 0.2) is 5.12 Å². The lowest BCUT2D eigenvalue weighted by Gasteiger charge is -1.87. The summed E-state index contributed by atoms with van der Waals surface area (Å²) in [6.07, 6.45) is 3.66. The van der Waals surface area contributed by atoms with Crippen molar-refractivity contribution in [2.24, 2.45) is 0 Å². The Morgan fingerprint density at radius 1 is 1.88 bits per heavy atom. The monoisotopic (exact) mass is 128 g/mol. The SMILES string of the molecule is CCC1=CCC(=O)S1. The van der Waals surface area contributed by atoms with Crippen LogP contribution >= 0.6 is 11.8 Å². The van der Waals surface area contributed by atoms with Crippen LogP contribution in [-0.2, 0) is 4.79 Å². The van der Waals surface area contributed by atoms with Crippen LogP contribution in [0.3, 0.4) is 0 Å². The first kappa shape index (κ1) is 5.89. The predicted molar refractivity (Wildman–Crippen MR) is 35.6 cm³/mol. The molecule has 1 aliphatic rings. The number of allylic oxidation sites excluding steroid dienone is 2. The molecule has 0 amide bonds. The summed E-state index contributed by atoms with van der Waals surface area (Å²) in [7, 11) is 0. The van der Waals surface area contributed by atoms with Crippen molar-refractivity contribution >= 4 is 16.9 Å². The summed E-state index contributed by atoms with van der Waals surface area (Å²) in [5.41, 5.74) is 0. The average Bonchev–Trinajstić information content (AvgIpc) is 2.14. The smallest absolute Gasteiger partial charge is 0.197 e. The lowest BCUT2D eigenvalue weighted by Crippen LogP contribution is -1.77. The van der Waals surface area contributed by atoms with Gasteiger partial charge in [-0.05, 0) is 11.3 Å². The Kier molecular flexibility index (Phi) is 1.73. The van der Waals surface area contributed by atoms with E-state index in [1.165, 1.54) is 16.7 Å². The quantitative estimate of drug-likeness (QED) is 0.537. The van der Waals surface area contributed by atoms with Crippen LogP contribution in [-0.4, -0.2) is 5.12 Å². The lowest BCUT2D eigenvalue weighted by molar-refractivity contribution is -0.110. The van der Waals surface area contributed by atoms with Gasteiger partial charge in [0.05, 0.1) is 0 Å². The third-order valence-corrected chi connectivity index (χ3v) is 2.20. The van der Waals surface area contributed by atoms with E-state index in [0.29, 0.717) is 11.5 Å². The molecule has 1 aliphatic heterocycles. The van der Waals surface area contributed by atoms with E-state index in [1.54, 1.807) is 0 Å². The molecule has 44 valence electrons. The van der Waals surface area contributed by atoms with Gasteiger partial charge in [-0.1, -0.05) is 24.8 Å². The zero-order chi connectivity index (χ0) is 5.98. The van der Waals surface area contributed by atoms with Crippen molar-refractivity contribution in [1.82, 2.24) is 0 Å². The number of hydrogen-bond donors (Lipinski definition) is 0. The minimum absolute atomic E-state index is 0.293. The minimum Gasteiger partial charge on any atom is -0.287 e. The van der Waals surface area contributed by atoms with Crippen molar-refractivity contribution in [3.63, 3.8) is 0 Å². The predicted octanol–water partition coefficient (Wildman–Crippen LogP) is 1.94. The summed E-state index contributed by atoms with van der Waals surface area (Å²) < 4.78 is 0. The molecule has 0 bridgehead atoms. The van der Waals surface area contributed by atoms with Gasteiger partial charge >= 0.3 is 0 Å². The first-order chi connectivity index (χ1) is 3.83. The summed E-state index contributed by atoms with van der Waals surface area (Å²) in [4.78, 5) is 11.8. The van der Waals surface area contributed by atoms with Crippen molar-refractivity contribution in [2.75, 3.05) is 0 Å². The van der Waals surface area contributed by atoms with Crippen LogP contribution in [0.25, 0.3) is 0 Å². The highest BCUT2D eigenvalue weighted by Crippen LogP contribution is 2.28. The largest absolute Gasteiger partial charge is 0.287 e. The van der Waals surface area contributed by atoms with E-state index in [9.17, 15) is 4.79 Å². The number of carbonyl (C=O) groups is 1. The van der Waals surface area contributed by atoms with Crippen molar-refractivity contribution in [3.8, 4) is 0 Å². The second-order valence-electron chi connectivity index (χ2n) is 1.70. The van der Waals surface area contributed by atoms with Gasteiger partial charge in [0.2, 0.25) is 0 Å². The highest BCUT2D eigenvalue weighted by Gasteiger charge is 2.10. The van der Waals surface area contributed by atoms with Crippen LogP contribution < -0.4 is 0 Å².